The number of rotatable bonds is 6. The zero-order valence-corrected chi connectivity index (χ0v) is 16.8. The van der Waals surface area contributed by atoms with E-state index in [1.807, 2.05) is 43.0 Å². The minimum atomic E-state index is -0.347. The third kappa shape index (κ3) is 3.37. The molecule has 1 aromatic rings. The largest absolute Gasteiger partial charge is 0.483 e. The quantitative estimate of drug-likeness (QED) is 0.703. The Morgan fingerprint density at radius 2 is 1.89 bits per heavy atom. The zero-order chi connectivity index (χ0) is 19.7. The third-order valence-electron chi connectivity index (χ3n) is 6.14. The van der Waals surface area contributed by atoms with Gasteiger partial charge < -0.3 is 14.4 Å². The molecule has 3 atom stereocenters. The number of aryl methyl sites for hydroxylation is 1. The van der Waals surface area contributed by atoms with E-state index >= 15 is 0 Å². The lowest BCUT2D eigenvalue weighted by atomic mass is 9.77. The average molecular weight is 383 g/mol. The van der Waals surface area contributed by atoms with Gasteiger partial charge in [-0.05, 0) is 45.1 Å². The summed E-state index contributed by atoms with van der Waals surface area (Å²) in [4.78, 5) is 28.5. The SMILES string of the molecule is CCOCCCN1C(=O)C2=C(C(=O)C3CCCCC3O2)C1c1ccc(C)cc1. The van der Waals surface area contributed by atoms with Gasteiger partial charge in [-0.15, -0.1) is 0 Å². The fourth-order valence-electron chi connectivity index (χ4n) is 4.70. The van der Waals surface area contributed by atoms with Crippen molar-refractivity contribution < 1.29 is 19.1 Å². The highest BCUT2D eigenvalue weighted by Crippen LogP contribution is 2.46. The van der Waals surface area contributed by atoms with Crippen molar-refractivity contribution in [1.82, 2.24) is 4.90 Å². The van der Waals surface area contributed by atoms with Crippen molar-refractivity contribution in [2.75, 3.05) is 19.8 Å². The summed E-state index contributed by atoms with van der Waals surface area (Å²) >= 11 is 0. The molecular formula is C23H29NO4. The first-order valence-corrected chi connectivity index (χ1v) is 10.5. The predicted octanol–water partition coefficient (Wildman–Crippen LogP) is 3.72. The first kappa shape index (κ1) is 19.2. The predicted molar refractivity (Wildman–Crippen MR) is 106 cm³/mol. The van der Waals surface area contributed by atoms with E-state index in [1.54, 1.807) is 0 Å². The van der Waals surface area contributed by atoms with Gasteiger partial charge in [0, 0.05) is 19.8 Å². The number of hydrogen-bond acceptors (Lipinski definition) is 4. The van der Waals surface area contributed by atoms with Crippen molar-refractivity contribution in [2.24, 2.45) is 5.92 Å². The van der Waals surface area contributed by atoms with Crippen molar-refractivity contribution in [2.45, 2.75) is 58.1 Å². The number of Topliss-reactive ketones (excluding diaryl/α,β-unsaturated/α-hetero) is 1. The summed E-state index contributed by atoms with van der Waals surface area (Å²) in [6.45, 7) is 5.82. The van der Waals surface area contributed by atoms with Crippen LogP contribution in [0.5, 0.6) is 0 Å². The molecule has 0 saturated heterocycles. The van der Waals surface area contributed by atoms with E-state index in [0.29, 0.717) is 31.1 Å². The minimum Gasteiger partial charge on any atom is -0.483 e. The highest BCUT2D eigenvalue weighted by atomic mass is 16.5. The number of ketones is 1. The molecule has 3 unspecified atom stereocenters. The van der Waals surface area contributed by atoms with E-state index in [2.05, 4.69) is 0 Å². The lowest BCUT2D eigenvalue weighted by Crippen LogP contribution is -2.39. The van der Waals surface area contributed by atoms with Gasteiger partial charge in [-0.1, -0.05) is 36.2 Å². The topological polar surface area (TPSA) is 55.8 Å². The first-order valence-electron chi connectivity index (χ1n) is 10.5. The zero-order valence-electron chi connectivity index (χ0n) is 16.8. The molecule has 1 amide bonds. The molecule has 0 radical (unpaired) electrons. The fourth-order valence-corrected chi connectivity index (χ4v) is 4.70. The van der Waals surface area contributed by atoms with Gasteiger partial charge in [0.25, 0.3) is 5.91 Å². The Labute approximate surface area is 166 Å². The van der Waals surface area contributed by atoms with Gasteiger partial charge in [0.15, 0.2) is 11.5 Å². The highest BCUT2D eigenvalue weighted by molar-refractivity contribution is 6.11. The van der Waals surface area contributed by atoms with Gasteiger partial charge in [0.2, 0.25) is 0 Å². The van der Waals surface area contributed by atoms with E-state index in [1.165, 1.54) is 0 Å². The summed E-state index contributed by atoms with van der Waals surface area (Å²) < 4.78 is 11.6. The van der Waals surface area contributed by atoms with Crippen LogP contribution in [0, 0.1) is 12.8 Å². The van der Waals surface area contributed by atoms with Crippen molar-refractivity contribution in [3.8, 4) is 0 Å². The van der Waals surface area contributed by atoms with Gasteiger partial charge in [0.05, 0.1) is 17.5 Å². The van der Waals surface area contributed by atoms with Crippen molar-refractivity contribution in [1.29, 1.82) is 0 Å². The summed E-state index contributed by atoms with van der Waals surface area (Å²) in [5.41, 5.74) is 2.71. The Bertz CT molecular complexity index is 782. The maximum absolute atomic E-state index is 13.4. The van der Waals surface area contributed by atoms with Crippen LogP contribution in [0.15, 0.2) is 35.6 Å². The maximum Gasteiger partial charge on any atom is 0.290 e. The molecular weight excluding hydrogens is 354 g/mol. The van der Waals surface area contributed by atoms with Gasteiger partial charge >= 0.3 is 0 Å². The Morgan fingerprint density at radius 1 is 1.14 bits per heavy atom. The van der Waals surface area contributed by atoms with Crippen LogP contribution in [0.25, 0.3) is 0 Å². The molecule has 4 rings (SSSR count). The van der Waals surface area contributed by atoms with Crippen LogP contribution >= 0.6 is 0 Å². The second-order valence-electron chi connectivity index (χ2n) is 8.02. The number of fused-ring (bicyclic) bond motifs is 1. The van der Waals surface area contributed by atoms with Crippen LogP contribution < -0.4 is 0 Å². The Hall–Kier alpha value is -2.14. The number of nitrogens with zero attached hydrogens (tertiary/aromatic N) is 1. The van der Waals surface area contributed by atoms with E-state index in [9.17, 15) is 9.59 Å². The summed E-state index contributed by atoms with van der Waals surface area (Å²) in [5, 5.41) is 0. The molecule has 2 heterocycles. The summed E-state index contributed by atoms with van der Waals surface area (Å²) in [6.07, 6.45) is 4.44. The molecule has 3 aliphatic rings. The second kappa shape index (κ2) is 8.08. The number of amides is 1. The van der Waals surface area contributed by atoms with Crippen LogP contribution in [0.1, 0.15) is 56.2 Å². The Balaban J connectivity index is 1.68. The summed E-state index contributed by atoms with van der Waals surface area (Å²) in [7, 11) is 0. The Morgan fingerprint density at radius 3 is 2.64 bits per heavy atom. The van der Waals surface area contributed by atoms with Crippen molar-refractivity contribution in [3.63, 3.8) is 0 Å². The van der Waals surface area contributed by atoms with Crippen LogP contribution in [0.3, 0.4) is 0 Å². The molecule has 28 heavy (non-hydrogen) atoms. The van der Waals surface area contributed by atoms with Gasteiger partial charge in [-0.25, -0.2) is 0 Å². The molecule has 1 aromatic carbocycles. The van der Waals surface area contributed by atoms with Crippen molar-refractivity contribution >= 4 is 11.7 Å². The number of ether oxygens (including phenoxy) is 2. The monoisotopic (exact) mass is 383 g/mol. The second-order valence-corrected chi connectivity index (χ2v) is 8.02. The van der Waals surface area contributed by atoms with Gasteiger partial charge in [-0.2, -0.15) is 0 Å². The number of hydrogen-bond donors (Lipinski definition) is 0. The standard InChI is InChI=1S/C23H29NO4/c1-3-27-14-6-13-24-20(16-11-9-15(2)10-12-16)19-21(25)17-7-4-5-8-18(17)28-22(19)23(24)26/h9-12,17-18,20H,3-8,13-14H2,1-2H3. The molecule has 0 bridgehead atoms. The summed E-state index contributed by atoms with van der Waals surface area (Å²) in [5.74, 6) is 0.179. The number of benzene rings is 1. The van der Waals surface area contributed by atoms with Gasteiger partial charge in [0.1, 0.15) is 6.10 Å². The molecule has 1 fully saturated rings. The fraction of sp³-hybridized carbons (Fsp3) is 0.565. The van der Waals surface area contributed by atoms with Crippen LogP contribution in [-0.4, -0.2) is 42.5 Å². The van der Waals surface area contributed by atoms with E-state index in [0.717, 1.165) is 43.2 Å². The molecule has 150 valence electrons. The van der Waals surface area contributed by atoms with Crippen LogP contribution in [0.4, 0.5) is 0 Å². The molecule has 5 heteroatoms. The molecule has 0 aromatic heterocycles. The number of carbonyl (C=O) groups is 2. The average Bonchev–Trinajstić information content (AvgIpc) is 2.98. The van der Waals surface area contributed by atoms with E-state index in [4.69, 9.17) is 9.47 Å². The molecule has 0 N–H and O–H groups in total. The molecule has 1 saturated carbocycles. The lowest BCUT2D eigenvalue weighted by Gasteiger charge is -2.35. The maximum atomic E-state index is 13.4. The van der Waals surface area contributed by atoms with Gasteiger partial charge in [-0.3, -0.25) is 9.59 Å². The summed E-state index contributed by atoms with van der Waals surface area (Å²) in [6, 6.07) is 7.78. The van der Waals surface area contributed by atoms with Crippen molar-refractivity contribution in [3.05, 3.63) is 46.7 Å². The molecule has 0 spiro atoms. The van der Waals surface area contributed by atoms with Crippen LogP contribution in [-0.2, 0) is 19.1 Å². The molecule has 2 aliphatic heterocycles. The normalized spacial score (nSPS) is 26.9. The van der Waals surface area contributed by atoms with E-state index < -0.39 is 0 Å². The smallest absolute Gasteiger partial charge is 0.290 e. The van der Waals surface area contributed by atoms with E-state index in [-0.39, 0.29) is 29.8 Å². The molecule has 5 nitrogen and oxygen atoms in total. The minimum absolute atomic E-state index is 0.100. The molecule has 1 aliphatic carbocycles. The highest BCUT2D eigenvalue weighted by Gasteiger charge is 2.51. The van der Waals surface area contributed by atoms with Crippen LogP contribution in [0.2, 0.25) is 0 Å². The third-order valence-corrected chi connectivity index (χ3v) is 6.14. The number of carbonyl (C=O) groups excluding carboxylic acids is 2. The lowest BCUT2D eigenvalue weighted by molar-refractivity contribution is -0.135. The Kier molecular flexibility index (Phi) is 5.54. The first-order chi connectivity index (χ1) is 13.6.